The van der Waals surface area contributed by atoms with Crippen LogP contribution in [0.2, 0.25) is 0 Å². The van der Waals surface area contributed by atoms with Crippen molar-refractivity contribution in [2.24, 2.45) is 0 Å². The van der Waals surface area contributed by atoms with Crippen LogP contribution in [0, 0.1) is 5.82 Å². The topological polar surface area (TPSA) is 83.3 Å². The van der Waals surface area contributed by atoms with Gasteiger partial charge in [-0.15, -0.1) is 5.10 Å². The Balaban J connectivity index is 1.84. The minimum absolute atomic E-state index is 0.0172. The van der Waals surface area contributed by atoms with E-state index >= 15 is 0 Å². The molecule has 3 rings (SSSR count). The molecule has 0 saturated carbocycles. The third-order valence-electron chi connectivity index (χ3n) is 4.37. The number of aromatic nitrogens is 3. The molecular formula is C20H25FN6O. The lowest BCUT2D eigenvalue weighted by Gasteiger charge is -2.08. The van der Waals surface area contributed by atoms with Crippen molar-refractivity contribution in [2.45, 2.75) is 19.8 Å². The van der Waals surface area contributed by atoms with Gasteiger partial charge < -0.3 is 16.0 Å². The van der Waals surface area contributed by atoms with E-state index in [1.807, 2.05) is 12.1 Å². The summed E-state index contributed by atoms with van der Waals surface area (Å²) in [6.45, 7) is 4.02. The molecule has 0 aliphatic rings. The fourth-order valence-corrected chi connectivity index (χ4v) is 2.81. The van der Waals surface area contributed by atoms with E-state index in [0.29, 0.717) is 30.0 Å². The van der Waals surface area contributed by atoms with Gasteiger partial charge in [-0.1, -0.05) is 19.4 Å². The summed E-state index contributed by atoms with van der Waals surface area (Å²) in [6, 6.07) is 8.28. The largest absolute Gasteiger partial charge is 0.369 e. The number of hydrogen-bond acceptors (Lipinski definition) is 5. The molecular weight excluding hydrogens is 359 g/mol. The minimum Gasteiger partial charge on any atom is -0.369 e. The average molecular weight is 384 g/mol. The Kier molecular flexibility index (Phi) is 6.54. The molecule has 1 amide bonds. The van der Waals surface area contributed by atoms with Crippen molar-refractivity contribution < 1.29 is 9.18 Å². The summed E-state index contributed by atoms with van der Waals surface area (Å²) in [5, 5.41) is 13.4. The number of fused-ring (bicyclic) bond motifs is 1. The molecule has 8 heteroatoms. The van der Waals surface area contributed by atoms with Crippen molar-refractivity contribution in [1.82, 2.24) is 25.2 Å². The maximum Gasteiger partial charge on any atom is 0.254 e. The number of anilines is 1. The Labute approximate surface area is 163 Å². The Morgan fingerprint density at radius 3 is 2.79 bits per heavy atom. The number of unbranched alkanes of at least 4 members (excludes halogenated alkanes) is 1. The highest BCUT2D eigenvalue weighted by atomic mass is 19.1. The molecule has 0 radical (unpaired) electrons. The number of carbonyl (C=O) groups excluding carboxylic acids is 1. The van der Waals surface area contributed by atoms with Crippen LogP contribution >= 0.6 is 0 Å². The number of imidazole rings is 1. The molecule has 0 aliphatic heterocycles. The zero-order valence-electron chi connectivity index (χ0n) is 16.1. The fourth-order valence-electron chi connectivity index (χ4n) is 2.81. The summed E-state index contributed by atoms with van der Waals surface area (Å²) in [5.74, 6) is -0.272. The molecule has 7 nitrogen and oxygen atoms in total. The van der Waals surface area contributed by atoms with Gasteiger partial charge in [0.05, 0.1) is 17.5 Å². The first-order chi connectivity index (χ1) is 13.6. The molecule has 3 aromatic rings. The number of likely N-dealkylation sites (N-methyl/N-ethyl adjacent to an activating group) is 1. The minimum atomic E-state index is -0.577. The first-order valence-electron chi connectivity index (χ1n) is 9.45. The van der Waals surface area contributed by atoms with Crippen LogP contribution in [0.4, 0.5) is 10.2 Å². The Morgan fingerprint density at radius 2 is 2.04 bits per heavy atom. The summed E-state index contributed by atoms with van der Waals surface area (Å²) >= 11 is 0. The van der Waals surface area contributed by atoms with Gasteiger partial charge in [-0.3, -0.25) is 4.79 Å². The molecule has 148 valence electrons. The van der Waals surface area contributed by atoms with Crippen LogP contribution in [-0.4, -0.2) is 47.2 Å². The lowest BCUT2D eigenvalue weighted by Crippen LogP contribution is -2.30. The van der Waals surface area contributed by atoms with Gasteiger partial charge >= 0.3 is 0 Å². The van der Waals surface area contributed by atoms with E-state index in [-0.39, 0.29) is 5.56 Å². The standard InChI is InChI=1S/C20H25FN6O/c1-3-4-9-23-18-7-8-19-25-13-17(27(19)26-18)14-5-6-15(16(21)12-14)20(28)24-11-10-22-2/h5-8,12-13,22H,3-4,9-11H2,1-2H3,(H,23,26)(H,24,28). The molecule has 3 N–H and O–H groups in total. The van der Waals surface area contributed by atoms with E-state index in [9.17, 15) is 9.18 Å². The van der Waals surface area contributed by atoms with Gasteiger partial charge in [-0.2, -0.15) is 0 Å². The van der Waals surface area contributed by atoms with E-state index in [4.69, 9.17) is 0 Å². The monoisotopic (exact) mass is 384 g/mol. The van der Waals surface area contributed by atoms with Crippen molar-refractivity contribution >= 4 is 17.4 Å². The number of amides is 1. The van der Waals surface area contributed by atoms with Gasteiger partial charge in [0.2, 0.25) is 0 Å². The third-order valence-corrected chi connectivity index (χ3v) is 4.37. The number of hydrogen-bond donors (Lipinski definition) is 3. The zero-order chi connectivity index (χ0) is 19.9. The van der Waals surface area contributed by atoms with Crippen LogP contribution in [0.3, 0.4) is 0 Å². The second-order valence-electron chi connectivity index (χ2n) is 6.47. The molecule has 0 bridgehead atoms. The fraction of sp³-hybridized carbons (Fsp3) is 0.350. The Morgan fingerprint density at radius 1 is 1.18 bits per heavy atom. The molecule has 0 saturated heterocycles. The first kappa shape index (κ1) is 19.8. The normalized spacial score (nSPS) is 11.0. The van der Waals surface area contributed by atoms with Gasteiger partial charge in [0, 0.05) is 25.2 Å². The van der Waals surface area contributed by atoms with Crippen LogP contribution in [0.1, 0.15) is 30.1 Å². The summed E-state index contributed by atoms with van der Waals surface area (Å²) in [5.41, 5.74) is 1.96. The number of nitrogens with zero attached hydrogens (tertiary/aromatic N) is 3. The summed E-state index contributed by atoms with van der Waals surface area (Å²) in [7, 11) is 1.79. The predicted molar refractivity (Wildman–Crippen MR) is 108 cm³/mol. The SMILES string of the molecule is CCCCNc1ccc2ncc(-c3ccc(C(=O)NCCNC)c(F)c3)n2n1. The number of rotatable bonds is 9. The number of nitrogens with one attached hydrogen (secondary N) is 3. The second-order valence-corrected chi connectivity index (χ2v) is 6.47. The van der Waals surface area contributed by atoms with Crippen molar-refractivity contribution in [1.29, 1.82) is 0 Å². The van der Waals surface area contributed by atoms with E-state index in [1.54, 1.807) is 23.8 Å². The van der Waals surface area contributed by atoms with E-state index in [2.05, 4.69) is 33.0 Å². The molecule has 1 aromatic carbocycles. The van der Waals surface area contributed by atoms with Crippen LogP contribution in [0.15, 0.2) is 36.5 Å². The maximum atomic E-state index is 14.5. The summed E-state index contributed by atoms with van der Waals surface area (Å²) in [6.07, 6.45) is 3.80. The number of halogens is 1. The smallest absolute Gasteiger partial charge is 0.254 e. The van der Waals surface area contributed by atoms with E-state index in [0.717, 1.165) is 25.2 Å². The highest BCUT2D eigenvalue weighted by Gasteiger charge is 2.15. The van der Waals surface area contributed by atoms with Crippen molar-refractivity contribution in [3.63, 3.8) is 0 Å². The van der Waals surface area contributed by atoms with Crippen LogP contribution < -0.4 is 16.0 Å². The Hall–Kier alpha value is -3.00. The Bertz CT molecular complexity index is 955. The lowest BCUT2D eigenvalue weighted by molar-refractivity contribution is 0.0950. The highest BCUT2D eigenvalue weighted by Crippen LogP contribution is 2.23. The van der Waals surface area contributed by atoms with Gasteiger partial charge in [-0.25, -0.2) is 13.9 Å². The third kappa shape index (κ3) is 4.45. The summed E-state index contributed by atoms with van der Waals surface area (Å²) in [4.78, 5) is 16.4. The van der Waals surface area contributed by atoms with Gasteiger partial charge in [-0.05, 0) is 37.7 Å². The van der Waals surface area contributed by atoms with Crippen molar-refractivity contribution in [3.8, 4) is 11.3 Å². The highest BCUT2D eigenvalue weighted by molar-refractivity contribution is 5.95. The lowest BCUT2D eigenvalue weighted by atomic mass is 10.1. The van der Waals surface area contributed by atoms with Crippen molar-refractivity contribution in [2.75, 3.05) is 32.0 Å². The van der Waals surface area contributed by atoms with E-state index < -0.39 is 11.7 Å². The van der Waals surface area contributed by atoms with Gasteiger partial charge in [0.15, 0.2) is 5.65 Å². The maximum absolute atomic E-state index is 14.5. The average Bonchev–Trinajstić information content (AvgIpc) is 3.11. The molecule has 0 atom stereocenters. The zero-order valence-corrected chi connectivity index (χ0v) is 16.1. The van der Waals surface area contributed by atoms with Crippen molar-refractivity contribution in [3.05, 3.63) is 47.9 Å². The molecule has 0 fully saturated rings. The molecule has 0 aliphatic carbocycles. The molecule has 2 heterocycles. The first-order valence-corrected chi connectivity index (χ1v) is 9.45. The number of benzene rings is 1. The second kappa shape index (κ2) is 9.27. The molecule has 0 unspecified atom stereocenters. The van der Waals surface area contributed by atoms with Gasteiger partial charge in [0.1, 0.15) is 11.6 Å². The molecule has 2 aromatic heterocycles. The summed E-state index contributed by atoms with van der Waals surface area (Å²) < 4.78 is 16.2. The quantitative estimate of drug-likeness (QED) is 0.494. The van der Waals surface area contributed by atoms with Crippen LogP contribution in [0.25, 0.3) is 16.9 Å². The molecule has 28 heavy (non-hydrogen) atoms. The van der Waals surface area contributed by atoms with Crippen LogP contribution in [0.5, 0.6) is 0 Å². The molecule has 0 spiro atoms. The van der Waals surface area contributed by atoms with Gasteiger partial charge in [0.25, 0.3) is 5.91 Å². The van der Waals surface area contributed by atoms with E-state index in [1.165, 1.54) is 12.1 Å². The number of carbonyl (C=O) groups is 1. The predicted octanol–water partition coefficient (Wildman–Crippen LogP) is 2.70. The van der Waals surface area contributed by atoms with Crippen LogP contribution in [-0.2, 0) is 0 Å².